The molecule has 2 fully saturated rings. The van der Waals surface area contributed by atoms with Gasteiger partial charge in [-0.25, -0.2) is 0 Å². The van der Waals surface area contributed by atoms with Crippen molar-refractivity contribution in [3.05, 3.63) is 0 Å². The van der Waals surface area contributed by atoms with Gasteiger partial charge in [0.15, 0.2) is 0 Å². The highest BCUT2D eigenvalue weighted by Crippen LogP contribution is 2.23. The highest BCUT2D eigenvalue weighted by Gasteiger charge is 2.35. The first kappa shape index (κ1) is 21.7. The maximum atomic E-state index is 13.3. The molecule has 0 aromatic rings. The topological polar surface area (TPSA) is 81.2 Å². The molecule has 2 atom stereocenters. The summed E-state index contributed by atoms with van der Waals surface area (Å²) in [6.07, 6.45) is 5.66. The molecule has 2 aliphatic rings. The number of hydrogen-bond donors (Lipinski definition) is 1. The molecular formula is C20H35N3O4. The van der Waals surface area contributed by atoms with Gasteiger partial charge in [-0.05, 0) is 51.5 Å². The van der Waals surface area contributed by atoms with Gasteiger partial charge in [-0.15, -0.1) is 0 Å². The average molecular weight is 382 g/mol. The van der Waals surface area contributed by atoms with Crippen LogP contribution in [0.2, 0.25) is 0 Å². The van der Waals surface area contributed by atoms with Gasteiger partial charge in [0.2, 0.25) is 11.8 Å². The summed E-state index contributed by atoms with van der Waals surface area (Å²) in [7, 11) is 1.84. The number of likely N-dealkylation sites (tertiary alicyclic amines) is 2. The molecule has 0 spiro atoms. The molecule has 0 aromatic carbocycles. The number of aliphatic carboxylic acids is 1. The minimum absolute atomic E-state index is 0.0247. The van der Waals surface area contributed by atoms with Gasteiger partial charge in [-0.1, -0.05) is 13.8 Å². The fourth-order valence-corrected chi connectivity index (χ4v) is 4.26. The van der Waals surface area contributed by atoms with Crippen LogP contribution < -0.4 is 0 Å². The number of rotatable bonds is 7. The maximum absolute atomic E-state index is 13.3. The zero-order valence-electron chi connectivity index (χ0n) is 17.0. The highest BCUT2D eigenvalue weighted by molar-refractivity contribution is 5.88. The van der Waals surface area contributed by atoms with Crippen LogP contribution in [0.25, 0.3) is 0 Å². The normalized spacial score (nSPS) is 22.9. The molecule has 7 heteroatoms. The molecule has 7 nitrogen and oxygen atoms in total. The Bertz CT molecular complexity index is 537. The van der Waals surface area contributed by atoms with Gasteiger partial charge in [0.25, 0.3) is 0 Å². The van der Waals surface area contributed by atoms with E-state index in [0.717, 1.165) is 32.1 Å². The first-order valence-electron chi connectivity index (χ1n) is 10.3. The van der Waals surface area contributed by atoms with Crippen molar-refractivity contribution in [1.82, 2.24) is 14.7 Å². The fourth-order valence-electron chi connectivity index (χ4n) is 4.26. The van der Waals surface area contributed by atoms with Crippen molar-refractivity contribution in [2.45, 2.75) is 70.9 Å². The second-order valence-electron chi connectivity index (χ2n) is 8.41. The standard InChI is InChI=1S/C20H35N3O4/c1-15(2)13-17(23-11-5-4-8-18(23)24)20(27)22-10-6-7-16(9-12-22)21(3)14-19(25)26/h15-17H,4-14H2,1-3H3,(H,25,26). The Morgan fingerprint density at radius 3 is 2.52 bits per heavy atom. The summed E-state index contributed by atoms with van der Waals surface area (Å²) in [5.41, 5.74) is 0. The Morgan fingerprint density at radius 1 is 1.15 bits per heavy atom. The van der Waals surface area contributed by atoms with Crippen LogP contribution in [-0.2, 0) is 14.4 Å². The minimum Gasteiger partial charge on any atom is -0.480 e. The minimum atomic E-state index is -0.824. The summed E-state index contributed by atoms with van der Waals surface area (Å²) in [6, 6.07) is -0.176. The zero-order valence-corrected chi connectivity index (χ0v) is 17.0. The van der Waals surface area contributed by atoms with Gasteiger partial charge in [0.1, 0.15) is 6.04 Å². The summed E-state index contributed by atoms with van der Waals surface area (Å²) in [4.78, 5) is 42.3. The van der Waals surface area contributed by atoms with E-state index in [4.69, 9.17) is 5.11 Å². The molecule has 0 saturated carbocycles. The molecule has 0 bridgehead atoms. The third kappa shape index (κ3) is 6.19. The van der Waals surface area contributed by atoms with Crippen LogP contribution in [0, 0.1) is 5.92 Å². The number of carboxylic acid groups (broad SMARTS) is 1. The summed E-state index contributed by atoms with van der Waals surface area (Å²) in [6.45, 7) is 6.20. The van der Waals surface area contributed by atoms with Crippen molar-refractivity contribution in [3.63, 3.8) is 0 Å². The molecule has 0 aromatic heterocycles. The van der Waals surface area contributed by atoms with E-state index in [-0.39, 0.29) is 30.4 Å². The van der Waals surface area contributed by atoms with Gasteiger partial charge in [-0.3, -0.25) is 19.3 Å². The number of nitrogens with zero attached hydrogens (tertiary/aromatic N) is 3. The number of likely N-dealkylation sites (N-methyl/N-ethyl adjacent to an activating group) is 1. The summed E-state index contributed by atoms with van der Waals surface area (Å²) >= 11 is 0. The van der Waals surface area contributed by atoms with Crippen molar-refractivity contribution in [3.8, 4) is 0 Å². The largest absolute Gasteiger partial charge is 0.480 e. The molecule has 2 aliphatic heterocycles. The quantitative estimate of drug-likeness (QED) is 0.727. The van der Waals surface area contributed by atoms with Gasteiger partial charge in [0, 0.05) is 32.1 Å². The Morgan fingerprint density at radius 2 is 1.89 bits per heavy atom. The third-order valence-electron chi connectivity index (χ3n) is 5.73. The zero-order chi connectivity index (χ0) is 20.0. The summed E-state index contributed by atoms with van der Waals surface area (Å²) < 4.78 is 0. The number of carbonyl (C=O) groups is 3. The van der Waals surface area contributed by atoms with Crippen LogP contribution in [0.1, 0.15) is 58.8 Å². The molecule has 2 amide bonds. The van der Waals surface area contributed by atoms with E-state index in [1.54, 1.807) is 0 Å². The monoisotopic (exact) mass is 381 g/mol. The molecule has 1 N–H and O–H groups in total. The molecule has 2 saturated heterocycles. The molecule has 2 heterocycles. The van der Waals surface area contributed by atoms with E-state index in [2.05, 4.69) is 13.8 Å². The Hall–Kier alpha value is -1.63. The third-order valence-corrected chi connectivity index (χ3v) is 5.73. The van der Waals surface area contributed by atoms with Crippen LogP contribution in [0.5, 0.6) is 0 Å². The van der Waals surface area contributed by atoms with Gasteiger partial charge in [0.05, 0.1) is 6.54 Å². The first-order chi connectivity index (χ1) is 12.8. The summed E-state index contributed by atoms with van der Waals surface area (Å²) in [5, 5.41) is 9.01. The molecule has 2 rings (SSSR count). The van der Waals surface area contributed by atoms with Crippen molar-refractivity contribution >= 4 is 17.8 Å². The number of piperidine rings is 1. The van der Waals surface area contributed by atoms with E-state index in [1.807, 2.05) is 21.7 Å². The van der Waals surface area contributed by atoms with Crippen molar-refractivity contribution < 1.29 is 19.5 Å². The lowest BCUT2D eigenvalue weighted by atomic mass is 9.98. The maximum Gasteiger partial charge on any atom is 0.317 e. The van der Waals surface area contributed by atoms with E-state index in [0.29, 0.717) is 38.4 Å². The van der Waals surface area contributed by atoms with Crippen LogP contribution in [0.4, 0.5) is 0 Å². The van der Waals surface area contributed by atoms with E-state index >= 15 is 0 Å². The number of carbonyl (C=O) groups excluding carboxylic acids is 2. The fraction of sp³-hybridized carbons (Fsp3) is 0.850. The first-order valence-corrected chi connectivity index (χ1v) is 10.3. The smallest absolute Gasteiger partial charge is 0.317 e. The highest BCUT2D eigenvalue weighted by atomic mass is 16.4. The lowest BCUT2D eigenvalue weighted by Crippen LogP contribution is -2.53. The van der Waals surface area contributed by atoms with E-state index in [1.165, 1.54) is 0 Å². The molecule has 0 radical (unpaired) electrons. The summed E-state index contributed by atoms with van der Waals surface area (Å²) in [5.74, 6) is -0.306. The van der Waals surface area contributed by atoms with Gasteiger partial charge in [-0.2, -0.15) is 0 Å². The van der Waals surface area contributed by atoms with Crippen molar-refractivity contribution in [2.75, 3.05) is 33.2 Å². The lowest BCUT2D eigenvalue weighted by molar-refractivity contribution is -0.148. The Kier molecular flexibility index (Phi) is 8.07. The number of amides is 2. The molecular weight excluding hydrogens is 346 g/mol. The predicted octanol–water partition coefficient (Wildman–Crippen LogP) is 1.81. The van der Waals surface area contributed by atoms with E-state index < -0.39 is 5.97 Å². The van der Waals surface area contributed by atoms with Crippen LogP contribution in [-0.4, -0.2) is 82.9 Å². The molecule has 27 heavy (non-hydrogen) atoms. The van der Waals surface area contributed by atoms with Crippen LogP contribution in [0.3, 0.4) is 0 Å². The number of hydrogen-bond acceptors (Lipinski definition) is 4. The van der Waals surface area contributed by atoms with Gasteiger partial charge < -0.3 is 14.9 Å². The second kappa shape index (κ2) is 10.1. The van der Waals surface area contributed by atoms with E-state index in [9.17, 15) is 14.4 Å². The Balaban J connectivity index is 2.04. The lowest BCUT2D eigenvalue weighted by Gasteiger charge is -2.37. The van der Waals surface area contributed by atoms with Gasteiger partial charge >= 0.3 is 5.97 Å². The SMILES string of the molecule is CC(C)CC(C(=O)N1CCCC(N(C)CC(=O)O)CC1)N1CCCCC1=O. The van der Waals surface area contributed by atoms with Crippen LogP contribution in [0.15, 0.2) is 0 Å². The number of carboxylic acids is 1. The van der Waals surface area contributed by atoms with Crippen molar-refractivity contribution in [2.24, 2.45) is 5.92 Å². The molecule has 0 aliphatic carbocycles. The predicted molar refractivity (Wildman–Crippen MR) is 103 cm³/mol. The molecule has 2 unspecified atom stereocenters. The average Bonchev–Trinajstić information content (AvgIpc) is 2.85. The Labute approximate surface area is 162 Å². The van der Waals surface area contributed by atoms with Crippen molar-refractivity contribution in [1.29, 1.82) is 0 Å². The van der Waals surface area contributed by atoms with Crippen LogP contribution >= 0.6 is 0 Å². The molecule has 154 valence electrons. The second-order valence-corrected chi connectivity index (χ2v) is 8.41.